The van der Waals surface area contributed by atoms with Gasteiger partial charge in [-0.3, -0.25) is 0 Å². The van der Waals surface area contributed by atoms with E-state index in [1.54, 1.807) is 12.1 Å². The predicted molar refractivity (Wildman–Crippen MR) is 96.4 cm³/mol. The van der Waals surface area contributed by atoms with E-state index in [1.165, 1.54) is 12.1 Å². The van der Waals surface area contributed by atoms with Crippen molar-refractivity contribution >= 4 is 0 Å². The summed E-state index contributed by atoms with van der Waals surface area (Å²) in [6.07, 6.45) is 1.11. The number of halogens is 1. The maximum absolute atomic E-state index is 13.0. The van der Waals surface area contributed by atoms with E-state index in [1.807, 2.05) is 24.3 Å². The van der Waals surface area contributed by atoms with Crippen molar-refractivity contribution in [2.75, 3.05) is 19.6 Å². The lowest BCUT2D eigenvalue weighted by atomic mass is 9.81. The number of hydrogen-bond acceptors (Lipinski definition) is 4. The van der Waals surface area contributed by atoms with Crippen LogP contribution in [-0.2, 0) is 0 Å². The zero-order chi connectivity index (χ0) is 18.1. The fourth-order valence-corrected chi connectivity index (χ4v) is 4.07. The molecule has 1 spiro atoms. The smallest absolute Gasteiger partial charge is 0.125 e. The molecular weight excluding hydrogens is 333 g/mol. The number of rotatable bonds is 3. The van der Waals surface area contributed by atoms with Crippen LogP contribution in [0.25, 0.3) is 0 Å². The zero-order valence-corrected chi connectivity index (χ0v) is 14.6. The Kier molecular flexibility index (Phi) is 4.69. The van der Waals surface area contributed by atoms with Crippen LogP contribution in [0.15, 0.2) is 48.5 Å². The van der Waals surface area contributed by atoms with Gasteiger partial charge in [0.2, 0.25) is 0 Å². The van der Waals surface area contributed by atoms with Crippen LogP contribution >= 0.6 is 0 Å². The second-order valence-electron chi connectivity index (χ2n) is 7.41. The van der Waals surface area contributed by atoms with Gasteiger partial charge < -0.3 is 19.8 Å². The van der Waals surface area contributed by atoms with E-state index in [-0.39, 0.29) is 11.4 Å². The number of piperidine rings is 1. The van der Waals surface area contributed by atoms with E-state index in [9.17, 15) is 14.6 Å². The Morgan fingerprint density at radius 2 is 1.81 bits per heavy atom. The minimum Gasteiger partial charge on any atom is -0.487 e. The molecule has 0 saturated carbocycles. The normalized spacial score (nSPS) is 23.3. The molecule has 2 aliphatic heterocycles. The van der Waals surface area contributed by atoms with Crippen molar-refractivity contribution in [2.45, 2.75) is 37.1 Å². The minimum atomic E-state index is -0.636. The van der Waals surface area contributed by atoms with Crippen molar-refractivity contribution in [3.8, 4) is 5.75 Å². The SMILES string of the molecule is O[C@H](CN1CCC2(CC1)C[C@H](O)c1ccccc1O2)c1ccc(F)cc1. The number of fused-ring (bicyclic) bond motifs is 1. The monoisotopic (exact) mass is 357 g/mol. The number of ether oxygens (including phenoxy) is 1. The first-order valence-corrected chi connectivity index (χ1v) is 9.17. The molecule has 0 unspecified atom stereocenters. The summed E-state index contributed by atoms with van der Waals surface area (Å²) in [5.74, 6) is 0.486. The highest BCUT2D eigenvalue weighted by Crippen LogP contribution is 2.44. The quantitative estimate of drug-likeness (QED) is 0.886. The van der Waals surface area contributed by atoms with Gasteiger partial charge >= 0.3 is 0 Å². The summed E-state index contributed by atoms with van der Waals surface area (Å²) in [5, 5.41) is 20.9. The van der Waals surface area contributed by atoms with Crippen molar-refractivity contribution in [1.29, 1.82) is 0 Å². The molecule has 5 heteroatoms. The predicted octanol–water partition coefficient (Wildman–Crippen LogP) is 3.21. The van der Waals surface area contributed by atoms with Crippen LogP contribution in [0.4, 0.5) is 4.39 Å². The van der Waals surface area contributed by atoms with Gasteiger partial charge in [0.25, 0.3) is 0 Å². The third-order valence-corrected chi connectivity index (χ3v) is 5.62. The molecule has 2 N–H and O–H groups in total. The number of hydrogen-bond donors (Lipinski definition) is 2. The molecule has 2 atom stereocenters. The van der Waals surface area contributed by atoms with Gasteiger partial charge in [-0.25, -0.2) is 4.39 Å². The molecule has 2 aromatic carbocycles. The molecule has 0 aliphatic carbocycles. The largest absolute Gasteiger partial charge is 0.487 e. The van der Waals surface area contributed by atoms with Crippen molar-refractivity contribution in [1.82, 2.24) is 4.90 Å². The first-order chi connectivity index (χ1) is 12.5. The summed E-state index contributed by atoms with van der Waals surface area (Å²) in [6.45, 7) is 2.11. The van der Waals surface area contributed by atoms with Crippen LogP contribution in [0.3, 0.4) is 0 Å². The average Bonchev–Trinajstić information content (AvgIpc) is 2.64. The minimum absolute atomic E-state index is 0.297. The van der Waals surface area contributed by atoms with Crippen LogP contribution in [0.5, 0.6) is 5.75 Å². The Hall–Kier alpha value is -1.95. The molecule has 0 aromatic heterocycles. The zero-order valence-electron chi connectivity index (χ0n) is 14.6. The van der Waals surface area contributed by atoms with Gasteiger partial charge in [0.15, 0.2) is 0 Å². The molecule has 0 radical (unpaired) electrons. The standard InChI is InChI=1S/C21H24FNO3/c22-16-7-5-15(6-8-16)19(25)14-23-11-9-21(10-12-23)13-18(24)17-3-1-2-4-20(17)26-21/h1-8,18-19,24-25H,9-14H2/t18-,19+/m0/s1. The second kappa shape index (κ2) is 6.99. The maximum Gasteiger partial charge on any atom is 0.125 e. The van der Waals surface area contributed by atoms with Gasteiger partial charge in [0.1, 0.15) is 17.2 Å². The lowest BCUT2D eigenvalue weighted by Gasteiger charge is -2.46. The average molecular weight is 357 g/mol. The van der Waals surface area contributed by atoms with E-state index < -0.39 is 12.2 Å². The summed E-state index contributed by atoms with van der Waals surface area (Å²) >= 11 is 0. The number of para-hydroxylation sites is 1. The first kappa shape index (κ1) is 17.5. The first-order valence-electron chi connectivity index (χ1n) is 9.17. The topological polar surface area (TPSA) is 52.9 Å². The maximum atomic E-state index is 13.0. The van der Waals surface area contributed by atoms with Gasteiger partial charge in [-0.1, -0.05) is 30.3 Å². The lowest BCUT2D eigenvalue weighted by Crippen LogP contribution is -2.51. The van der Waals surface area contributed by atoms with Crippen molar-refractivity contribution in [3.63, 3.8) is 0 Å². The fraction of sp³-hybridized carbons (Fsp3) is 0.429. The van der Waals surface area contributed by atoms with Crippen LogP contribution in [0.2, 0.25) is 0 Å². The lowest BCUT2D eigenvalue weighted by molar-refractivity contribution is -0.0587. The summed E-state index contributed by atoms with van der Waals surface area (Å²) in [4.78, 5) is 2.20. The summed E-state index contributed by atoms with van der Waals surface area (Å²) in [6, 6.07) is 13.7. The highest BCUT2D eigenvalue weighted by molar-refractivity contribution is 5.38. The second-order valence-corrected chi connectivity index (χ2v) is 7.41. The Morgan fingerprint density at radius 1 is 1.12 bits per heavy atom. The number of aliphatic hydroxyl groups is 2. The number of nitrogens with zero attached hydrogens (tertiary/aromatic N) is 1. The highest BCUT2D eigenvalue weighted by Gasteiger charge is 2.42. The molecule has 26 heavy (non-hydrogen) atoms. The third-order valence-electron chi connectivity index (χ3n) is 5.62. The molecule has 4 nitrogen and oxygen atoms in total. The molecule has 0 amide bonds. The van der Waals surface area contributed by atoms with Gasteiger partial charge in [-0.05, 0) is 36.6 Å². The molecule has 0 bridgehead atoms. The van der Waals surface area contributed by atoms with Crippen LogP contribution in [-0.4, -0.2) is 40.3 Å². The fourth-order valence-electron chi connectivity index (χ4n) is 4.07. The van der Waals surface area contributed by atoms with E-state index in [4.69, 9.17) is 4.74 Å². The Morgan fingerprint density at radius 3 is 2.54 bits per heavy atom. The Balaban J connectivity index is 1.38. The van der Waals surface area contributed by atoms with Crippen LogP contribution in [0.1, 0.15) is 42.6 Å². The Bertz CT molecular complexity index is 756. The molecule has 1 fully saturated rings. The van der Waals surface area contributed by atoms with Crippen molar-refractivity contribution in [3.05, 3.63) is 65.5 Å². The summed E-state index contributed by atoms with van der Waals surface area (Å²) in [7, 11) is 0. The van der Waals surface area contributed by atoms with Crippen molar-refractivity contribution < 1.29 is 19.3 Å². The van der Waals surface area contributed by atoms with E-state index in [0.29, 0.717) is 13.0 Å². The molecular formula is C21H24FNO3. The summed E-state index contributed by atoms with van der Waals surface area (Å²) in [5.41, 5.74) is 1.27. The van der Waals surface area contributed by atoms with Crippen LogP contribution in [0, 0.1) is 5.82 Å². The highest BCUT2D eigenvalue weighted by atomic mass is 19.1. The third kappa shape index (κ3) is 3.47. The molecule has 2 heterocycles. The van der Waals surface area contributed by atoms with Gasteiger partial charge in [-0.2, -0.15) is 0 Å². The molecule has 138 valence electrons. The number of benzene rings is 2. The van der Waals surface area contributed by atoms with Gasteiger partial charge in [-0.15, -0.1) is 0 Å². The van der Waals surface area contributed by atoms with E-state index in [2.05, 4.69) is 4.90 Å². The van der Waals surface area contributed by atoms with Crippen LogP contribution < -0.4 is 4.74 Å². The van der Waals surface area contributed by atoms with Gasteiger partial charge in [0, 0.05) is 31.6 Å². The molecule has 1 saturated heterocycles. The van der Waals surface area contributed by atoms with Gasteiger partial charge in [0.05, 0.1) is 12.2 Å². The van der Waals surface area contributed by atoms with E-state index in [0.717, 1.165) is 42.8 Å². The molecule has 2 aromatic rings. The number of likely N-dealkylation sites (tertiary alicyclic amines) is 1. The van der Waals surface area contributed by atoms with Crippen molar-refractivity contribution in [2.24, 2.45) is 0 Å². The number of β-amino-alcohol motifs (C(OH)–C–C–N with tert-alkyl or cyclic N) is 1. The number of aliphatic hydroxyl groups excluding tert-OH is 2. The van der Waals surface area contributed by atoms with E-state index >= 15 is 0 Å². The summed E-state index contributed by atoms with van der Waals surface area (Å²) < 4.78 is 19.3. The molecule has 2 aliphatic rings. The molecule has 4 rings (SSSR count). The Labute approximate surface area is 152 Å².